The van der Waals surface area contributed by atoms with E-state index in [9.17, 15) is 4.79 Å². The van der Waals surface area contributed by atoms with Gasteiger partial charge in [-0.05, 0) is 60.9 Å². The molecular weight excluding hydrogens is 304 g/mol. The van der Waals surface area contributed by atoms with Crippen molar-refractivity contribution in [2.24, 2.45) is 0 Å². The number of carbonyl (C=O) groups excluding carboxylic acids is 1. The Hall–Kier alpha value is -2.69. The van der Waals surface area contributed by atoms with Crippen LogP contribution >= 0.6 is 0 Å². The molecule has 2 aromatic carbocycles. The van der Waals surface area contributed by atoms with Crippen LogP contribution in [0.25, 0.3) is 0 Å². The largest absolute Gasteiger partial charge is 0.497 e. The second kappa shape index (κ2) is 7.25. The normalized spacial score (nSPS) is 13.2. The maximum Gasteiger partial charge on any atom is 0.322 e. The third-order valence-electron chi connectivity index (χ3n) is 4.13. The van der Waals surface area contributed by atoms with Crippen LogP contribution in [-0.2, 0) is 13.0 Å². The van der Waals surface area contributed by atoms with Crippen molar-refractivity contribution in [1.29, 1.82) is 0 Å². The van der Waals surface area contributed by atoms with Crippen LogP contribution in [0.4, 0.5) is 10.5 Å². The van der Waals surface area contributed by atoms with Gasteiger partial charge in [0.2, 0.25) is 0 Å². The summed E-state index contributed by atoms with van der Waals surface area (Å²) in [5.74, 6) is 1.62. The number of amides is 2. The van der Waals surface area contributed by atoms with Gasteiger partial charge in [0.1, 0.15) is 11.5 Å². The summed E-state index contributed by atoms with van der Waals surface area (Å²) < 4.78 is 10.7. The van der Waals surface area contributed by atoms with Gasteiger partial charge in [0.05, 0.1) is 13.7 Å². The van der Waals surface area contributed by atoms with E-state index in [0.717, 1.165) is 29.2 Å². The molecule has 0 radical (unpaired) electrons. The highest BCUT2D eigenvalue weighted by atomic mass is 16.5. The molecular formula is C19H22N2O3. The van der Waals surface area contributed by atoms with Crippen molar-refractivity contribution in [2.75, 3.05) is 25.6 Å². The van der Waals surface area contributed by atoms with Crippen LogP contribution in [0.1, 0.15) is 18.1 Å². The Balaban J connectivity index is 1.67. The lowest BCUT2D eigenvalue weighted by molar-refractivity contribution is 0.206. The highest BCUT2D eigenvalue weighted by Gasteiger charge is 2.21. The van der Waals surface area contributed by atoms with Crippen LogP contribution in [-0.4, -0.2) is 31.2 Å². The molecule has 0 saturated heterocycles. The van der Waals surface area contributed by atoms with Gasteiger partial charge >= 0.3 is 6.03 Å². The molecule has 3 rings (SSSR count). The van der Waals surface area contributed by atoms with Gasteiger partial charge in [0, 0.05) is 18.8 Å². The van der Waals surface area contributed by atoms with Gasteiger partial charge in [-0.15, -0.1) is 0 Å². The van der Waals surface area contributed by atoms with Crippen LogP contribution in [0.3, 0.4) is 0 Å². The minimum Gasteiger partial charge on any atom is -0.497 e. The standard InChI is InChI=1S/C19H22N2O3/c1-3-24-18-7-4-14-10-11-21(13-15(14)12-18)19(22)20-16-5-8-17(23-2)9-6-16/h4-9,12H,3,10-11,13H2,1-2H3,(H,20,22). The minimum absolute atomic E-state index is 0.0902. The number of nitrogens with one attached hydrogen (secondary N) is 1. The van der Waals surface area contributed by atoms with Crippen LogP contribution < -0.4 is 14.8 Å². The highest BCUT2D eigenvalue weighted by molar-refractivity contribution is 5.89. The summed E-state index contributed by atoms with van der Waals surface area (Å²) in [7, 11) is 1.62. The number of hydrogen-bond donors (Lipinski definition) is 1. The van der Waals surface area contributed by atoms with Crippen LogP contribution in [0.15, 0.2) is 42.5 Å². The van der Waals surface area contributed by atoms with Gasteiger partial charge < -0.3 is 19.7 Å². The molecule has 0 spiro atoms. The second-order valence-electron chi connectivity index (χ2n) is 5.69. The molecule has 5 nitrogen and oxygen atoms in total. The first-order valence-electron chi connectivity index (χ1n) is 8.14. The van der Waals surface area contributed by atoms with Crippen molar-refractivity contribution in [3.63, 3.8) is 0 Å². The predicted molar refractivity (Wildman–Crippen MR) is 93.7 cm³/mol. The lowest BCUT2D eigenvalue weighted by Gasteiger charge is -2.29. The Kier molecular flexibility index (Phi) is 4.89. The number of hydrogen-bond acceptors (Lipinski definition) is 3. The molecule has 5 heteroatoms. The fourth-order valence-corrected chi connectivity index (χ4v) is 2.84. The van der Waals surface area contributed by atoms with Crippen molar-refractivity contribution in [3.8, 4) is 11.5 Å². The molecule has 0 aromatic heterocycles. The molecule has 0 bridgehead atoms. The van der Waals surface area contributed by atoms with Crippen LogP contribution in [0, 0.1) is 0 Å². The quantitative estimate of drug-likeness (QED) is 0.932. The summed E-state index contributed by atoms with van der Waals surface area (Å²) in [6.45, 7) is 3.91. The zero-order chi connectivity index (χ0) is 16.9. The summed E-state index contributed by atoms with van der Waals surface area (Å²) in [5, 5.41) is 2.93. The van der Waals surface area contributed by atoms with Crippen molar-refractivity contribution in [1.82, 2.24) is 4.90 Å². The molecule has 1 aliphatic rings. The number of benzene rings is 2. The Morgan fingerprint density at radius 1 is 1.12 bits per heavy atom. The molecule has 1 aliphatic heterocycles. The monoisotopic (exact) mass is 326 g/mol. The number of carbonyl (C=O) groups is 1. The fourth-order valence-electron chi connectivity index (χ4n) is 2.84. The molecule has 0 saturated carbocycles. The van der Waals surface area contributed by atoms with Crippen molar-refractivity contribution >= 4 is 11.7 Å². The third-order valence-corrected chi connectivity index (χ3v) is 4.13. The smallest absolute Gasteiger partial charge is 0.322 e. The first-order valence-corrected chi connectivity index (χ1v) is 8.14. The van der Waals surface area contributed by atoms with E-state index >= 15 is 0 Å². The summed E-state index contributed by atoms with van der Waals surface area (Å²) >= 11 is 0. The molecule has 126 valence electrons. The maximum absolute atomic E-state index is 12.5. The van der Waals surface area contributed by atoms with E-state index in [0.29, 0.717) is 19.7 Å². The Morgan fingerprint density at radius 2 is 1.88 bits per heavy atom. The third kappa shape index (κ3) is 3.62. The van der Waals surface area contributed by atoms with E-state index in [1.54, 1.807) is 7.11 Å². The predicted octanol–water partition coefficient (Wildman–Crippen LogP) is 3.68. The molecule has 1 heterocycles. The SMILES string of the molecule is CCOc1ccc2c(c1)CN(C(=O)Nc1ccc(OC)cc1)CC2. The molecule has 0 fully saturated rings. The number of ether oxygens (including phenoxy) is 2. The molecule has 0 atom stereocenters. The lowest BCUT2D eigenvalue weighted by atomic mass is 10.00. The average molecular weight is 326 g/mol. The van der Waals surface area contributed by atoms with E-state index in [1.807, 2.05) is 48.2 Å². The number of methoxy groups -OCH3 is 1. The van der Waals surface area contributed by atoms with E-state index in [4.69, 9.17) is 9.47 Å². The number of rotatable bonds is 4. The minimum atomic E-state index is -0.0902. The summed E-state index contributed by atoms with van der Waals surface area (Å²) in [5.41, 5.74) is 3.19. The highest BCUT2D eigenvalue weighted by Crippen LogP contribution is 2.24. The molecule has 2 aromatic rings. The zero-order valence-electron chi connectivity index (χ0n) is 14.0. The van der Waals surface area contributed by atoms with Crippen molar-refractivity contribution < 1.29 is 14.3 Å². The number of urea groups is 1. The second-order valence-corrected chi connectivity index (χ2v) is 5.69. The van der Waals surface area contributed by atoms with Gasteiger partial charge in [0.25, 0.3) is 0 Å². The number of anilines is 1. The van der Waals surface area contributed by atoms with E-state index in [2.05, 4.69) is 11.4 Å². The fraction of sp³-hybridized carbons (Fsp3) is 0.316. The summed E-state index contributed by atoms with van der Waals surface area (Å²) in [6.07, 6.45) is 0.859. The topological polar surface area (TPSA) is 50.8 Å². The van der Waals surface area contributed by atoms with Gasteiger partial charge in [-0.25, -0.2) is 4.79 Å². The lowest BCUT2D eigenvalue weighted by Crippen LogP contribution is -2.38. The molecule has 0 aliphatic carbocycles. The van der Waals surface area contributed by atoms with Crippen LogP contribution in [0.5, 0.6) is 11.5 Å². The zero-order valence-corrected chi connectivity index (χ0v) is 14.0. The average Bonchev–Trinajstić information content (AvgIpc) is 2.62. The molecule has 24 heavy (non-hydrogen) atoms. The van der Waals surface area contributed by atoms with Crippen LogP contribution in [0.2, 0.25) is 0 Å². The molecule has 2 amide bonds. The Morgan fingerprint density at radius 3 is 2.58 bits per heavy atom. The van der Waals surface area contributed by atoms with Crippen molar-refractivity contribution in [3.05, 3.63) is 53.6 Å². The molecule has 0 unspecified atom stereocenters. The van der Waals surface area contributed by atoms with Gasteiger partial charge in [-0.3, -0.25) is 0 Å². The summed E-state index contributed by atoms with van der Waals surface area (Å²) in [4.78, 5) is 14.3. The van der Waals surface area contributed by atoms with Crippen molar-refractivity contribution in [2.45, 2.75) is 19.9 Å². The Bertz CT molecular complexity index is 713. The van der Waals surface area contributed by atoms with E-state index < -0.39 is 0 Å². The summed E-state index contributed by atoms with van der Waals surface area (Å²) in [6, 6.07) is 13.4. The number of nitrogens with zero attached hydrogens (tertiary/aromatic N) is 1. The van der Waals surface area contributed by atoms with Gasteiger partial charge in [0.15, 0.2) is 0 Å². The van der Waals surface area contributed by atoms with Gasteiger partial charge in [-0.2, -0.15) is 0 Å². The molecule has 1 N–H and O–H groups in total. The maximum atomic E-state index is 12.5. The Labute approximate surface area is 142 Å². The van der Waals surface area contributed by atoms with Gasteiger partial charge in [-0.1, -0.05) is 6.07 Å². The first-order chi connectivity index (χ1) is 11.7. The van der Waals surface area contributed by atoms with E-state index in [1.165, 1.54) is 5.56 Å². The van der Waals surface area contributed by atoms with E-state index in [-0.39, 0.29) is 6.03 Å². The first kappa shape index (κ1) is 16.2. The number of fused-ring (bicyclic) bond motifs is 1.